The standard InChI is InChI=1S/C31H33N3O3S/c1-19(2)29-34-18-27(38-29)26(35)15-23(30(36)37)14-20-6-8-22(9-7-20)28-32-16-24(17-33-28)21-10-12-25(13-11-21)31(3,4)5/h6-13,16-19,23H,14-15H2,1-5H3,(H,36,37)/t23-/m1/s1. The molecule has 0 amide bonds. The number of hydrogen-bond donors (Lipinski definition) is 1. The fraction of sp³-hybridized carbons (Fsp3) is 0.323. The van der Waals surface area contributed by atoms with E-state index >= 15 is 0 Å². The lowest BCUT2D eigenvalue weighted by molar-refractivity contribution is -0.141. The topological polar surface area (TPSA) is 93.0 Å². The summed E-state index contributed by atoms with van der Waals surface area (Å²) < 4.78 is 0. The normalized spacial score (nSPS) is 12.5. The van der Waals surface area contributed by atoms with E-state index in [1.54, 1.807) is 6.20 Å². The van der Waals surface area contributed by atoms with Gasteiger partial charge in [-0.15, -0.1) is 11.3 Å². The zero-order valence-electron chi connectivity index (χ0n) is 22.4. The van der Waals surface area contributed by atoms with E-state index in [0.29, 0.717) is 10.7 Å². The van der Waals surface area contributed by atoms with Crippen LogP contribution in [0.2, 0.25) is 0 Å². The van der Waals surface area contributed by atoms with Gasteiger partial charge in [-0.2, -0.15) is 0 Å². The Morgan fingerprint density at radius 3 is 1.97 bits per heavy atom. The monoisotopic (exact) mass is 527 g/mol. The van der Waals surface area contributed by atoms with Gasteiger partial charge in [-0.25, -0.2) is 15.0 Å². The second kappa shape index (κ2) is 11.4. The minimum absolute atomic E-state index is 0.0574. The van der Waals surface area contributed by atoms with Crippen LogP contribution in [0.3, 0.4) is 0 Å². The van der Waals surface area contributed by atoms with Gasteiger partial charge in [0, 0.05) is 42.1 Å². The van der Waals surface area contributed by atoms with E-state index in [4.69, 9.17) is 0 Å². The number of rotatable bonds is 9. The molecule has 0 unspecified atom stereocenters. The summed E-state index contributed by atoms with van der Waals surface area (Å²) in [6, 6.07) is 16.0. The van der Waals surface area contributed by atoms with E-state index < -0.39 is 11.9 Å². The van der Waals surface area contributed by atoms with Crippen molar-refractivity contribution in [2.24, 2.45) is 5.92 Å². The lowest BCUT2D eigenvalue weighted by Crippen LogP contribution is -2.20. The van der Waals surface area contributed by atoms with Crippen LogP contribution in [0.4, 0.5) is 0 Å². The van der Waals surface area contributed by atoms with Gasteiger partial charge < -0.3 is 5.11 Å². The Morgan fingerprint density at radius 2 is 1.45 bits per heavy atom. The Kier molecular flexibility index (Phi) is 8.17. The second-order valence-corrected chi connectivity index (χ2v) is 12.0. The van der Waals surface area contributed by atoms with Crippen molar-refractivity contribution in [1.29, 1.82) is 0 Å². The van der Waals surface area contributed by atoms with Crippen LogP contribution in [0.25, 0.3) is 22.5 Å². The third-order valence-electron chi connectivity index (χ3n) is 6.50. The molecule has 2 aromatic carbocycles. The molecule has 196 valence electrons. The molecule has 0 radical (unpaired) electrons. The average molecular weight is 528 g/mol. The van der Waals surface area contributed by atoms with Crippen LogP contribution in [0.5, 0.6) is 0 Å². The summed E-state index contributed by atoms with van der Waals surface area (Å²) in [5.74, 6) is -1.14. The molecule has 2 heterocycles. The molecule has 0 aliphatic heterocycles. The number of carbonyl (C=O) groups excluding carboxylic acids is 1. The maximum absolute atomic E-state index is 12.7. The van der Waals surface area contributed by atoms with Gasteiger partial charge in [0.2, 0.25) is 0 Å². The Labute approximate surface area is 227 Å². The molecule has 0 aliphatic carbocycles. The number of hydrogen-bond acceptors (Lipinski definition) is 6. The van der Waals surface area contributed by atoms with Gasteiger partial charge in [0.25, 0.3) is 0 Å². The molecule has 0 aliphatic rings. The van der Waals surface area contributed by atoms with E-state index in [9.17, 15) is 14.7 Å². The highest BCUT2D eigenvalue weighted by atomic mass is 32.1. The van der Waals surface area contributed by atoms with Crippen LogP contribution < -0.4 is 0 Å². The summed E-state index contributed by atoms with van der Waals surface area (Å²) in [6.45, 7) is 10.6. The van der Waals surface area contributed by atoms with Crippen molar-refractivity contribution in [1.82, 2.24) is 15.0 Å². The van der Waals surface area contributed by atoms with E-state index in [1.165, 1.54) is 16.9 Å². The van der Waals surface area contributed by atoms with Gasteiger partial charge >= 0.3 is 5.97 Å². The third-order valence-corrected chi connectivity index (χ3v) is 7.84. The highest BCUT2D eigenvalue weighted by Crippen LogP contribution is 2.27. The molecule has 7 heteroatoms. The maximum Gasteiger partial charge on any atom is 0.307 e. The first-order valence-corrected chi connectivity index (χ1v) is 13.6. The van der Waals surface area contributed by atoms with Gasteiger partial charge in [0.1, 0.15) is 0 Å². The quantitative estimate of drug-likeness (QED) is 0.231. The predicted octanol–water partition coefficient (Wildman–Crippen LogP) is 7.20. The van der Waals surface area contributed by atoms with Crippen molar-refractivity contribution in [3.05, 3.63) is 88.1 Å². The van der Waals surface area contributed by atoms with Crippen LogP contribution >= 0.6 is 11.3 Å². The van der Waals surface area contributed by atoms with E-state index in [-0.39, 0.29) is 30.0 Å². The predicted molar refractivity (Wildman–Crippen MR) is 152 cm³/mol. The molecule has 2 aromatic heterocycles. The molecule has 6 nitrogen and oxygen atoms in total. The van der Waals surface area contributed by atoms with Crippen molar-refractivity contribution in [2.45, 2.75) is 58.8 Å². The van der Waals surface area contributed by atoms with Gasteiger partial charge in [-0.1, -0.05) is 83.1 Å². The van der Waals surface area contributed by atoms with Crippen molar-refractivity contribution in [3.63, 3.8) is 0 Å². The summed E-state index contributed by atoms with van der Waals surface area (Å²) in [7, 11) is 0. The van der Waals surface area contributed by atoms with Crippen molar-refractivity contribution >= 4 is 23.1 Å². The van der Waals surface area contributed by atoms with Crippen molar-refractivity contribution < 1.29 is 14.7 Å². The van der Waals surface area contributed by atoms with Crippen LogP contribution in [0.1, 0.15) is 72.8 Å². The van der Waals surface area contributed by atoms with E-state index in [2.05, 4.69) is 60.0 Å². The molecule has 0 saturated heterocycles. The van der Waals surface area contributed by atoms with Crippen LogP contribution in [0.15, 0.2) is 67.1 Å². The molecule has 1 atom stereocenters. The summed E-state index contributed by atoms with van der Waals surface area (Å²) in [6.07, 6.45) is 5.40. The first-order chi connectivity index (χ1) is 18.0. The van der Waals surface area contributed by atoms with E-state index in [1.807, 2.05) is 50.5 Å². The number of aromatic nitrogens is 3. The Morgan fingerprint density at radius 1 is 0.842 bits per heavy atom. The highest BCUT2D eigenvalue weighted by molar-refractivity contribution is 7.13. The first kappa shape index (κ1) is 27.3. The van der Waals surface area contributed by atoms with Crippen LogP contribution in [0, 0.1) is 5.92 Å². The summed E-state index contributed by atoms with van der Waals surface area (Å²) in [4.78, 5) is 38.5. The number of thiazole rings is 1. The summed E-state index contributed by atoms with van der Waals surface area (Å²) in [5, 5.41) is 10.6. The third kappa shape index (κ3) is 6.58. The second-order valence-electron chi connectivity index (χ2n) is 10.9. The molecule has 4 rings (SSSR count). The number of carboxylic acid groups (broad SMARTS) is 1. The molecule has 0 bridgehead atoms. The lowest BCUT2D eigenvalue weighted by Gasteiger charge is -2.19. The smallest absolute Gasteiger partial charge is 0.307 e. The Balaban J connectivity index is 1.42. The zero-order valence-corrected chi connectivity index (χ0v) is 23.2. The molecule has 0 spiro atoms. The molecule has 0 saturated carbocycles. The van der Waals surface area contributed by atoms with Gasteiger partial charge in [-0.05, 0) is 28.5 Å². The maximum atomic E-state index is 12.7. The van der Waals surface area contributed by atoms with Crippen molar-refractivity contribution in [2.75, 3.05) is 0 Å². The molecule has 1 N–H and O–H groups in total. The molecule has 38 heavy (non-hydrogen) atoms. The van der Waals surface area contributed by atoms with Gasteiger partial charge in [-0.3, -0.25) is 9.59 Å². The number of ketones is 1. The molecular weight excluding hydrogens is 494 g/mol. The number of Topliss-reactive ketones (excluding diaryl/α,β-unsaturated/α-hetero) is 1. The fourth-order valence-corrected chi connectivity index (χ4v) is 4.99. The Bertz CT molecular complexity index is 1400. The molecule has 0 fully saturated rings. The van der Waals surface area contributed by atoms with Crippen LogP contribution in [-0.2, 0) is 16.6 Å². The number of nitrogens with zero attached hydrogens (tertiary/aromatic N) is 3. The summed E-state index contributed by atoms with van der Waals surface area (Å²) >= 11 is 1.34. The average Bonchev–Trinajstić information content (AvgIpc) is 3.40. The van der Waals surface area contributed by atoms with Gasteiger partial charge in [0.05, 0.1) is 15.8 Å². The number of aliphatic carboxylic acids is 1. The molecule has 4 aromatic rings. The Hall–Kier alpha value is -3.71. The van der Waals surface area contributed by atoms with Crippen molar-refractivity contribution in [3.8, 4) is 22.5 Å². The largest absolute Gasteiger partial charge is 0.481 e. The number of carbonyl (C=O) groups is 2. The number of carboxylic acids is 1. The number of benzene rings is 2. The fourth-order valence-electron chi connectivity index (χ4n) is 4.12. The zero-order chi connectivity index (χ0) is 27.4. The highest BCUT2D eigenvalue weighted by Gasteiger charge is 2.24. The van der Waals surface area contributed by atoms with Gasteiger partial charge in [0.15, 0.2) is 11.6 Å². The minimum Gasteiger partial charge on any atom is -0.481 e. The van der Waals surface area contributed by atoms with Crippen LogP contribution in [-0.4, -0.2) is 31.8 Å². The first-order valence-electron chi connectivity index (χ1n) is 12.7. The summed E-state index contributed by atoms with van der Waals surface area (Å²) in [5.41, 5.74) is 5.07. The SMILES string of the molecule is CC(C)c1ncc(C(=O)C[C@@H](Cc2ccc(-c3ncc(-c4ccc(C(C)(C)C)cc4)cn3)cc2)C(=O)O)s1. The minimum atomic E-state index is -0.981. The van der Waals surface area contributed by atoms with E-state index in [0.717, 1.165) is 27.3 Å². The molecular formula is C31H33N3O3S. The lowest BCUT2D eigenvalue weighted by atomic mass is 9.86.